The number of nitrogens with zero attached hydrogens (tertiary/aromatic N) is 3. The molecule has 1 aromatic heterocycles. The molecule has 3 aromatic rings. The molecule has 1 aliphatic heterocycles. The van der Waals surface area contributed by atoms with Crippen LogP contribution >= 0.6 is 11.5 Å². The van der Waals surface area contributed by atoms with Crippen LogP contribution in [0, 0.1) is 6.92 Å². The minimum absolute atomic E-state index is 0.0914. The molecular weight excluding hydrogens is 380 g/mol. The van der Waals surface area contributed by atoms with Gasteiger partial charge in [-0.15, -0.1) is 0 Å². The fraction of sp³-hybridized carbons (Fsp3) is 0.348. The molecular formula is C23H26N4OS. The van der Waals surface area contributed by atoms with Crippen LogP contribution in [0.2, 0.25) is 0 Å². The normalized spacial score (nSPS) is 16.2. The molecule has 2 aromatic carbocycles. The van der Waals surface area contributed by atoms with Crippen molar-refractivity contribution in [2.45, 2.75) is 38.6 Å². The quantitative estimate of drug-likeness (QED) is 0.649. The van der Waals surface area contributed by atoms with Crippen LogP contribution in [0.3, 0.4) is 0 Å². The van der Waals surface area contributed by atoms with Gasteiger partial charge in [-0.3, -0.25) is 4.79 Å². The van der Waals surface area contributed by atoms with Crippen molar-refractivity contribution in [2.24, 2.45) is 0 Å². The number of hydrogen-bond donors (Lipinski definition) is 1. The van der Waals surface area contributed by atoms with Crippen LogP contribution in [-0.2, 0) is 17.6 Å². The molecule has 0 bridgehead atoms. The highest BCUT2D eigenvalue weighted by Crippen LogP contribution is 2.27. The van der Waals surface area contributed by atoms with Crippen LogP contribution in [0.15, 0.2) is 54.6 Å². The van der Waals surface area contributed by atoms with Crippen LogP contribution in [0.4, 0.5) is 5.13 Å². The first-order valence-corrected chi connectivity index (χ1v) is 10.9. The summed E-state index contributed by atoms with van der Waals surface area (Å²) in [5, 5.41) is 3.96. The number of carbonyl (C=O) groups excluding carboxylic acids is 1. The van der Waals surface area contributed by atoms with E-state index in [0.717, 1.165) is 43.2 Å². The number of nitrogens with one attached hydrogen (secondary N) is 1. The zero-order chi connectivity index (χ0) is 20.1. The largest absolute Gasteiger partial charge is 0.354 e. The van der Waals surface area contributed by atoms with Gasteiger partial charge in [0.15, 0.2) is 0 Å². The molecule has 0 saturated carbocycles. The SMILES string of the molecule is Cc1ccc(Cc2nsc(N3CCC[C@H]3C(=O)NCCc3ccccc3)n2)cc1. The predicted octanol–water partition coefficient (Wildman–Crippen LogP) is 3.77. The van der Waals surface area contributed by atoms with Crippen molar-refractivity contribution in [2.75, 3.05) is 18.0 Å². The molecule has 150 valence electrons. The van der Waals surface area contributed by atoms with Crippen molar-refractivity contribution in [3.05, 3.63) is 77.1 Å². The Balaban J connectivity index is 1.34. The summed E-state index contributed by atoms with van der Waals surface area (Å²) in [6, 6.07) is 18.6. The molecule has 6 heteroatoms. The Bertz CT molecular complexity index is 939. The fourth-order valence-corrected chi connectivity index (χ4v) is 4.44. The number of amides is 1. The highest BCUT2D eigenvalue weighted by atomic mass is 32.1. The average molecular weight is 407 g/mol. The summed E-state index contributed by atoms with van der Waals surface area (Å²) in [7, 11) is 0. The van der Waals surface area contributed by atoms with E-state index in [1.807, 2.05) is 18.2 Å². The number of carbonyl (C=O) groups is 1. The zero-order valence-corrected chi connectivity index (χ0v) is 17.5. The number of aromatic nitrogens is 2. The van der Waals surface area contributed by atoms with Crippen molar-refractivity contribution in [3.63, 3.8) is 0 Å². The predicted molar refractivity (Wildman–Crippen MR) is 117 cm³/mol. The van der Waals surface area contributed by atoms with Gasteiger partial charge in [-0.2, -0.15) is 4.37 Å². The van der Waals surface area contributed by atoms with Gasteiger partial charge in [-0.05, 0) is 37.3 Å². The molecule has 0 radical (unpaired) electrons. The van der Waals surface area contributed by atoms with Crippen LogP contribution in [0.1, 0.15) is 35.4 Å². The van der Waals surface area contributed by atoms with E-state index < -0.39 is 0 Å². The highest BCUT2D eigenvalue weighted by molar-refractivity contribution is 7.09. The minimum Gasteiger partial charge on any atom is -0.354 e. The lowest BCUT2D eigenvalue weighted by atomic mass is 10.1. The maximum atomic E-state index is 12.8. The van der Waals surface area contributed by atoms with E-state index in [9.17, 15) is 4.79 Å². The summed E-state index contributed by atoms with van der Waals surface area (Å²) >= 11 is 1.40. The van der Waals surface area contributed by atoms with Gasteiger partial charge in [0.25, 0.3) is 0 Å². The standard InChI is InChI=1S/C23H26N4OS/c1-17-9-11-19(12-10-17)16-21-25-23(29-26-21)27-15-5-8-20(27)22(28)24-14-13-18-6-3-2-4-7-18/h2-4,6-7,9-12,20H,5,8,13-16H2,1H3,(H,24,28)/t20-/m0/s1. The van der Waals surface area contributed by atoms with Gasteiger partial charge in [-0.25, -0.2) is 4.98 Å². The lowest BCUT2D eigenvalue weighted by Gasteiger charge is -2.22. The van der Waals surface area contributed by atoms with Crippen molar-refractivity contribution >= 4 is 22.6 Å². The molecule has 29 heavy (non-hydrogen) atoms. The lowest BCUT2D eigenvalue weighted by Crippen LogP contribution is -2.44. The second-order valence-electron chi connectivity index (χ2n) is 7.53. The van der Waals surface area contributed by atoms with Crippen molar-refractivity contribution in [3.8, 4) is 0 Å². The molecule has 0 spiro atoms. The van der Waals surface area contributed by atoms with E-state index in [4.69, 9.17) is 4.98 Å². The molecule has 0 aliphatic carbocycles. The smallest absolute Gasteiger partial charge is 0.242 e. The molecule has 4 rings (SSSR count). The third-order valence-corrected chi connectivity index (χ3v) is 6.09. The third-order valence-electron chi connectivity index (χ3n) is 5.30. The Morgan fingerprint density at radius 3 is 2.72 bits per heavy atom. The van der Waals surface area contributed by atoms with Gasteiger partial charge in [0.1, 0.15) is 11.9 Å². The topological polar surface area (TPSA) is 58.1 Å². The minimum atomic E-state index is -0.147. The van der Waals surface area contributed by atoms with Gasteiger partial charge in [0.2, 0.25) is 11.0 Å². The summed E-state index contributed by atoms with van der Waals surface area (Å²) < 4.78 is 4.53. The summed E-state index contributed by atoms with van der Waals surface area (Å²) in [6.45, 7) is 3.60. The first kappa shape index (κ1) is 19.6. The molecule has 1 saturated heterocycles. The van der Waals surface area contributed by atoms with E-state index in [1.54, 1.807) is 0 Å². The molecule has 2 heterocycles. The number of anilines is 1. The van der Waals surface area contributed by atoms with Crippen molar-refractivity contribution in [1.29, 1.82) is 0 Å². The van der Waals surface area contributed by atoms with E-state index >= 15 is 0 Å². The van der Waals surface area contributed by atoms with Crippen LogP contribution in [0.25, 0.3) is 0 Å². The number of hydrogen-bond acceptors (Lipinski definition) is 5. The molecule has 1 fully saturated rings. The zero-order valence-electron chi connectivity index (χ0n) is 16.7. The monoisotopic (exact) mass is 406 g/mol. The Labute approximate surface area is 176 Å². The third kappa shape index (κ3) is 5.01. The molecule has 0 unspecified atom stereocenters. The second kappa shape index (κ2) is 9.18. The average Bonchev–Trinajstić information content (AvgIpc) is 3.40. The van der Waals surface area contributed by atoms with Crippen molar-refractivity contribution < 1.29 is 4.79 Å². The molecule has 1 amide bonds. The second-order valence-corrected chi connectivity index (χ2v) is 8.26. The molecule has 5 nitrogen and oxygen atoms in total. The fourth-order valence-electron chi connectivity index (χ4n) is 3.68. The van der Waals surface area contributed by atoms with Gasteiger partial charge < -0.3 is 10.2 Å². The highest BCUT2D eigenvalue weighted by Gasteiger charge is 2.32. The van der Waals surface area contributed by atoms with Crippen LogP contribution < -0.4 is 10.2 Å². The van der Waals surface area contributed by atoms with Gasteiger partial charge in [0.05, 0.1) is 0 Å². The van der Waals surface area contributed by atoms with Crippen LogP contribution in [0.5, 0.6) is 0 Å². The van der Waals surface area contributed by atoms with E-state index in [1.165, 1.54) is 28.2 Å². The number of aryl methyl sites for hydroxylation is 1. The van der Waals surface area contributed by atoms with E-state index in [0.29, 0.717) is 6.54 Å². The lowest BCUT2D eigenvalue weighted by molar-refractivity contribution is -0.122. The Morgan fingerprint density at radius 2 is 1.93 bits per heavy atom. The number of rotatable bonds is 7. The van der Waals surface area contributed by atoms with Gasteiger partial charge in [-0.1, -0.05) is 60.2 Å². The summed E-state index contributed by atoms with van der Waals surface area (Å²) in [6.07, 6.45) is 3.44. The van der Waals surface area contributed by atoms with E-state index in [-0.39, 0.29) is 11.9 Å². The van der Waals surface area contributed by atoms with E-state index in [2.05, 4.69) is 57.9 Å². The number of benzene rings is 2. The Hall–Kier alpha value is -2.73. The van der Waals surface area contributed by atoms with Gasteiger partial charge in [0, 0.05) is 31.0 Å². The first-order chi connectivity index (χ1) is 14.2. The molecule has 1 atom stereocenters. The van der Waals surface area contributed by atoms with Crippen molar-refractivity contribution in [1.82, 2.24) is 14.7 Å². The van der Waals surface area contributed by atoms with Gasteiger partial charge >= 0.3 is 0 Å². The summed E-state index contributed by atoms with van der Waals surface area (Å²) in [5.74, 6) is 0.915. The molecule has 1 N–H and O–H groups in total. The summed E-state index contributed by atoms with van der Waals surface area (Å²) in [4.78, 5) is 19.6. The first-order valence-electron chi connectivity index (χ1n) is 10.2. The Kier molecular flexibility index (Phi) is 6.20. The maximum absolute atomic E-state index is 12.8. The molecule has 1 aliphatic rings. The Morgan fingerprint density at radius 1 is 1.14 bits per heavy atom. The maximum Gasteiger partial charge on any atom is 0.242 e. The van der Waals surface area contributed by atoms with Crippen LogP contribution in [-0.4, -0.2) is 34.4 Å². The summed E-state index contributed by atoms with van der Waals surface area (Å²) in [5.41, 5.74) is 3.69.